The van der Waals surface area contributed by atoms with E-state index in [9.17, 15) is 4.79 Å². The highest BCUT2D eigenvalue weighted by Crippen LogP contribution is 2.18. The molecule has 0 atom stereocenters. The normalized spacial score (nSPS) is 10.3. The van der Waals surface area contributed by atoms with Crippen molar-refractivity contribution in [1.82, 2.24) is 4.98 Å². The first-order chi connectivity index (χ1) is 9.74. The predicted octanol–water partition coefficient (Wildman–Crippen LogP) is 3.57. The predicted molar refractivity (Wildman–Crippen MR) is 81.2 cm³/mol. The molecule has 0 bridgehead atoms. The summed E-state index contributed by atoms with van der Waals surface area (Å²) in [5.41, 5.74) is 2.43. The largest absolute Gasteiger partial charge is 0.462 e. The van der Waals surface area contributed by atoms with E-state index in [0.29, 0.717) is 18.6 Å². The summed E-state index contributed by atoms with van der Waals surface area (Å²) in [6, 6.07) is 11.8. The minimum absolute atomic E-state index is 0.309. The van der Waals surface area contributed by atoms with Gasteiger partial charge in [0.1, 0.15) is 0 Å². The van der Waals surface area contributed by atoms with E-state index in [1.165, 1.54) is 4.90 Å². The van der Waals surface area contributed by atoms with Gasteiger partial charge >= 0.3 is 5.97 Å². The van der Waals surface area contributed by atoms with E-state index in [4.69, 9.17) is 4.74 Å². The molecule has 0 aliphatic heterocycles. The zero-order valence-corrected chi connectivity index (χ0v) is 12.4. The van der Waals surface area contributed by atoms with Gasteiger partial charge in [-0.05, 0) is 43.0 Å². The number of carbonyl (C=O) groups excluding carboxylic acids is 1. The van der Waals surface area contributed by atoms with Gasteiger partial charge in [0.25, 0.3) is 0 Å². The zero-order valence-electron chi connectivity index (χ0n) is 11.6. The highest BCUT2D eigenvalue weighted by molar-refractivity contribution is 7.98. The van der Waals surface area contributed by atoms with Crippen molar-refractivity contribution >= 4 is 17.7 Å². The van der Waals surface area contributed by atoms with Crippen LogP contribution in [0, 0.1) is 0 Å². The van der Waals surface area contributed by atoms with Gasteiger partial charge in [0.15, 0.2) is 0 Å². The first-order valence-corrected chi connectivity index (χ1v) is 7.71. The molecule has 4 heteroatoms. The molecule has 0 spiro atoms. The van der Waals surface area contributed by atoms with Crippen LogP contribution in [0.25, 0.3) is 0 Å². The topological polar surface area (TPSA) is 39.2 Å². The van der Waals surface area contributed by atoms with Gasteiger partial charge in [-0.15, -0.1) is 11.8 Å². The minimum Gasteiger partial charge on any atom is -0.462 e. The van der Waals surface area contributed by atoms with E-state index in [1.54, 1.807) is 37.0 Å². The summed E-state index contributed by atoms with van der Waals surface area (Å²) in [4.78, 5) is 17.4. The molecular weight excluding hydrogens is 270 g/mol. The average Bonchev–Trinajstić information content (AvgIpc) is 2.49. The molecule has 0 fully saturated rings. The maximum Gasteiger partial charge on any atom is 0.339 e. The fourth-order valence-electron chi connectivity index (χ4n) is 1.91. The van der Waals surface area contributed by atoms with E-state index >= 15 is 0 Å². The first-order valence-electron chi connectivity index (χ1n) is 6.48. The van der Waals surface area contributed by atoms with Gasteiger partial charge in [-0.3, -0.25) is 4.98 Å². The minimum atomic E-state index is -0.309. The van der Waals surface area contributed by atoms with Crippen molar-refractivity contribution in [2.24, 2.45) is 0 Å². The maximum absolute atomic E-state index is 11.9. The van der Waals surface area contributed by atoms with Gasteiger partial charge in [-0.1, -0.05) is 12.1 Å². The standard InChI is InChI=1S/C16H17NO2S/c1-3-19-16(18)14-5-4-10-17-15(14)11-12-6-8-13(20-2)9-7-12/h4-10H,3,11H2,1-2H3. The number of benzene rings is 1. The van der Waals surface area contributed by atoms with Gasteiger partial charge < -0.3 is 4.74 Å². The molecule has 0 unspecified atom stereocenters. The molecule has 0 aliphatic carbocycles. The average molecular weight is 287 g/mol. The molecule has 1 heterocycles. The smallest absolute Gasteiger partial charge is 0.339 e. The Labute approximate surface area is 123 Å². The van der Waals surface area contributed by atoms with Crippen molar-refractivity contribution in [3.63, 3.8) is 0 Å². The molecule has 0 aliphatic rings. The summed E-state index contributed by atoms with van der Waals surface area (Å²) in [7, 11) is 0. The number of aromatic nitrogens is 1. The molecule has 1 aromatic heterocycles. The molecule has 2 rings (SSSR count). The van der Waals surface area contributed by atoms with Crippen molar-refractivity contribution in [3.05, 3.63) is 59.4 Å². The van der Waals surface area contributed by atoms with Crippen LogP contribution in [0.3, 0.4) is 0 Å². The van der Waals surface area contributed by atoms with Crippen LogP contribution in [0.5, 0.6) is 0 Å². The highest BCUT2D eigenvalue weighted by atomic mass is 32.2. The number of nitrogens with zero attached hydrogens (tertiary/aromatic N) is 1. The number of ether oxygens (including phenoxy) is 1. The van der Waals surface area contributed by atoms with Crippen LogP contribution >= 0.6 is 11.8 Å². The molecule has 0 amide bonds. The van der Waals surface area contributed by atoms with Crippen LogP contribution < -0.4 is 0 Å². The second-order valence-corrected chi connectivity index (χ2v) is 5.12. The Kier molecular flexibility index (Phi) is 5.18. The molecule has 0 saturated heterocycles. The third kappa shape index (κ3) is 3.61. The van der Waals surface area contributed by atoms with E-state index in [0.717, 1.165) is 11.3 Å². The molecule has 0 N–H and O–H groups in total. The van der Waals surface area contributed by atoms with Gasteiger partial charge in [0.2, 0.25) is 0 Å². The van der Waals surface area contributed by atoms with Gasteiger partial charge in [-0.2, -0.15) is 0 Å². The summed E-state index contributed by atoms with van der Waals surface area (Å²) < 4.78 is 5.06. The molecule has 1 aromatic carbocycles. The Bertz CT molecular complexity index is 581. The molecule has 104 valence electrons. The lowest BCUT2D eigenvalue weighted by molar-refractivity contribution is 0.0524. The lowest BCUT2D eigenvalue weighted by Gasteiger charge is -2.08. The maximum atomic E-state index is 11.9. The van der Waals surface area contributed by atoms with E-state index in [-0.39, 0.29) is 5.97 Å². The van der Waals surface area contributed by atoms with Crippen LogP contribution in [0.4, 0.5) is 0 Å². The van der Waals surface area contributed by atoms with Crippen LogP contribution in [-0.4, -0.2) is 23.8 Å². The lowest BCUT2D eigenvalue weighted by atomic mass is 10.1. The van der Waals surface area contributed by atoms with Gasteiger partial charge in [-0.25, -0.2) is 4.79 Å². The third-order valence-electron chi connectivity index (χ3n) is 2.92. The number of hydrogen-bond donors (Lipinski definition) is 0. The first kappa shape index (κ1) is 14.6. The van der Waals surface area contributed by atoms with Crippen molar-refractivity contribution in [1.29, 1.82) is 0 Å². The Morgan fingerprint density at radius 2 is 2.00 bits per heavy atom. The van der Waals surface area contributed by atoms with Crippen LogP contribution in [0.2, 0.25) is 0 Å². The number of rotatable bonds is 5. The summed E-state index contributed by atoms with van der Waals surface area (Å²) in [6.45, 7) is 2.17. The summed E-state index contributed by atoms with van der Waals surface area (Å²) >= 11 is 1.71. The van der Waals surface area contributed by atoms with Crippen LogP contribution in [0.15, 0.2) is 47.5 Å². The molecule has 2 aromatic rings. The Balaban J connectivity index is 2.21. The van der Waals surface area contributed by atoms with Gasteiger partial charge in [0.05, 0.1) is 17.9 Å². The van der Waals surface area contributed by atoms with E-state index in [2.05, 4.69) is 29.2 Å². The third-order valence-corrected chi connectivity index (χ3v) is 3.66. The van der Waals surface area contributed by atoms with Crippen molar-refractivity contribution in [2.45, 2.75) is 18.2 Å². The number of thioether (sulfide) groups is 1. The Hall–Kier alpha value is -1.81. The van der Waals surface area contributed by atoms with E-state index < -0.39 is 0 Å². The molecule has 0 radical (unpaired) electrons. The molecule has 20 heavy (non-hydrogen) atoms. The number of pyridine rings is 1. The molecule has 3 nitrogen and oxygen atoms in total. The molecular formula is C16H17NO2S. The number of carbonyl (C=O) groups is 1. The second kappa shape index (κ2) is 7.10. The number of hydrogen-bond acceptors (Lipinski definition) is 4. The van der Waals surface area contributed by atoms with E-state index in [1.807, 2.05) is 6.26 Å². The lowest BCUT2D eigenvalue weighted by Crippen LogP contribution is -2.09. The Morgan fingerprint density at radius 1 is 1.25 bits per heavy atom. The monoisotopic (exact) mass is 287 g/mol. The van der Waals surface area contributed by atoms with Crippen molar-refractivity contribution in [2.75, 3.05) is 12.9 Å². The summed E-state index contributed by atoms with van der Waals surface area (Å²) in [5, 5.41) is 0. The second-order valence-electron chi connectivity index (χ2n) is 4.24. The summed E-state index contributed by atoms with van der Waals surface area (Å²) in [5.74, 6) is -0.309. The highest BCUT2D eigenvalue weighted by Gasteiger charge is 2.13. The number of esters is 1. The van der Waals surface area contributed by atoms with Gasteiger partial charge in [0, 0.05) is 17.5 Å². The zero-order chi connectivity index (χ0) is 14.4. The fraction of sp³-hybridized carbons (Fsp3) is 0.250. The fourth-order valence-corrected chi connectivity index (χ4v) is 2.32. The van der Waals surface area contributed by atoms with Crippen molar-refractivity contribution < 1.29 is 9.53 Å². The van der Waals surface area contributed by atoms with Crippen LogP contribution in [0.1, 0.15) is 28.5 Å². The van der Waals surface area contributed by atoms with Crippen molar-refractivity contribution in [3.8, 4) is 0 Å². The van der Waals surface area contributed by atoms with Crippen LogP contribution in [-0.2, 0) is 11.2 Å². The quantitative estimate of drug-likeness (QED) is 0.622. The Morgan fingerprint density at radius 3 is 2.65 bits per heavy atom. The summed E-state index contributed by atoms with van der Waals surface area (Å²) in [6.07, 6.45) is 4.38. The molecule has 0 saturated carbocycles. The SMILES string of the molecule is CCOC(=O)c1cccnc1Cc1ccc(SC)cc1.